The van der Waals surface area contributed by atoms with Gasteiger partial charge in [-0.05, 0) is 129 Å². The first-order chi connectivity index (χ1) is 20.3. The van der Waals surface area contributed by atoms with Crippen LogP contribution >= 0.6 is 0 Å². The average Bonchev–Trinajstić information content (AvgIpc) is 3.52. The van der Waals surface area contributed by atoms with E-state index in [1.807, 2.05) is 0 Å². The number of nitrogens with zero attached hydrogens (tertiary/aromatic N) is 6. The molecule has 0 radical (unpaired) electrons. The standard InChI is InChI=1S/C37H46N6/c1-19(2)28-16-31-34(13-22(28)7)41(25(10)38-31)37(42-26(11)39-32-17-29(20(3)4)23(8)14-35(32)42)43-27(12)40-33-18-30(21(5)6)24(9)15-36(33)43/h13-21,37H,1-12H3. The summed E-state index contributed by atoms with van der Waals surface area (Å²) in [5.74, 6) is 4.20. The van der Waals surface area contributed by atoms with E-state index in [1.54, 1.807) is 0 Å². The van der Waals surface area contributed by atoms with Gasteiger partial charge in [-0.3, -0.25) is 13.7 Å². The number of rotatable bonds is 6. The molecule has 0 amide bonds. The molecule has 6 heteroatoms. The molecule has 6 aromatic rings. The Balaban J connectivity index is 1.75. The molecule has 3 aromatic heterocycles. The van der Waals surface area contributed by atoms with Crippen molar-refractivity contribution in [3.63, 3.8) is 0 Å². The van der Waals surface area contributed by atoms with Gasteiger partial charge in [0.05, 0.1) is 33.1 Å². The van der Waals surface area contributed by atoms with Crippen molar-refractivity contribution >= 4 is 33.1 Å². The maximum Gasteiger partial charge on any atom is 0.197 e. The summed E-state index contributed by atoms with van der Waals surface area (Å²) in [5.41, 5.74) is 14.3. The van der Waals surface area contributed by atoms with Crippen LogP contribution in [0.3, 0.4) is 0 Å². The summed E-state index contributed by atoms with van der Waals surface area (Å²) < 4.78 is 7.18. The van der Waals surface area contributed by atoms with E-state index in [0.29, 0.717) is 17.8 Å². The van der Waals surface area contributed by atoms with Gasteiger partial charge in [0.15, 0.2) is 6.29 Å². The van der Waals surface area contributed by atoms with Crippen LogP contribution in [0.2, 0.25) is 0 Å². The van der Waals surface area contributed by atoms with Gasteiger partial charge in [0.25, 0.3) is 0 Å². The molecular weight excluding hydrogens is 528 g/mol. The summed E-state index contributed by atoms with van der Waals surface area (Å²) in [4.78, 5) is 15.5. The summed E-state index contributed by atoms with van der Waals surface area (Å²) in [6.45, 7) is 26.6. The highest BCUT2D eigenvalue weighted by molar-refractivity contribution is 5.82. The van der Waals surface area contributed by atoms with Gasteiger partial charge in [-0.25, -0.2) is 15.0 Å². The third-order valence-corrected chi connectivity index (χ3v) is 9.32. The molecular formula is C37H46N6. The fraction of sp³-hybridized carbons (Fsp3) is 0.432. The van der Waals surface area contributed by atoms with Crippen molar-refractivity contribution in [1.29, 1.82) is 0 Å². The highest BCUT2D eigenvalue weighted by Gasteiger charge is 2.29. The van der Waals surface area contributed by atoms with Crippen LogP contribution in [-0.2, 0) is 0 Å². The van der Waals surface area contributed by atoms with Crippen molar-refractivity contribution in [3.05, 3.63) is 87.3 Å². The van der Waals surface area contributed by atoms with Crippen LogP contribution in [-0.4, -0.2) is 28.7 Å². The van der Waals surface area contributed by atoms with E-state index in [9.17, 15) is 0 Å². The summed E-state index contributed by atoms with van der Waals surface area (Å²) in [6.07, 6.45) is -0.280. The van der Waals surface area contributed by atoms with E-state index >= 15 is 0 Å². The zero-order valence-corrected chi connectivity index (χ0v) is 28.0. The Morgan fingerprint density at radius 1 is 0.419 bits per heavy atom. The van der Waals surface area contributed by atoms with Crippen LogP contribution in [0.4, 0.5) is 0 Å². The molecule has 0 spiro atoms. The molecule has 0 N–H and O–H groups in total. The van der Waals surface area contributed by atoms with Gasteiger partial charge in [-0.15, -0.1) is 0 Å². The number of imidazole rings is 3. The van der Waals surface area contributed by atoms with Gasteiger partial charge < -0.3 is 0 Å². The van der Waals surface area contributed by atoms with Crippen LogP contribution in [0.15, 0.2) is 36.4 Å². The number of hydrogen-bond donors (Lipinski definition) is 0. The molecule has 0 aliphatic carbocycles. The van der Waals surface area contributed by atoms with Crippen LogP contribution in [0.25, 0.3) is 33.1 Å². The lowest BCUT2D eigenvalue weighted by Gasteiger charge is -2.28. The van der Waals surface area contributed by atoms with E-state index in [0.717, 1.165) is 50.6 Å². The third kappa shape index (κ3) is 4.57. The fourth-order valence-corrected chi connectivity index (χ4v) is 7.23. The van der Waals surface area contributed by atoms with E-state index in [2.05, 4.69) is 133 Å². The largest absolute Gasteiger partial charge is 0.288 e. The van der Waals surface area contributed by atoms with E-state index in [1.165, 1.54) is 33.4 Å². The Morgan fingerprint density at radius 3 is 0.907 bits per heavy atom. The molecule has 0 aliphatic heterocycles. The van der Waals surface area contributed by atoms with Crippen molar-refractivity contribution in [2.45, 2.75) is 107 Å². The SMILES string of the molecule is Cc1cc2c(cc1C(C)C)nc(C)n2C(n1c(C)nc2cc(C(C)C)c(C)cc21)n1c(C)nc2cc(C(C)C)c(C)cc21. The van der Waals surface area contributed by atoms with Crippen molar-refractivity contribution in [1.82, 2.24) is 28.7 Å². The van der Waals surface area contributed by atoms with Crippen LogP contribution in [0.5, 0.6) is 0 Å². The topological polar surface area (TPSA) is 53.5 Å². The molecule has 43 heavy (non-hydrogen) atoms. The lowest BCUT2D eigenvalue weighted by atomic mass is 9.97. The second kappa shape index (κ2) is 10.4. The van der Waals surface area contributed by atoms with Crippen molar-refractivity contribution in [3.8, 4) is 0 Å². The van der Waals surface area contributed by atoms with Gasteiger partial charge in [0.1, 0.15) is 17.5 Å². The van der Waals surface area contributed by atoms with Crippen LogP contribution in [0, 0.1) is 41.5 Å². The molecule has 0 bridgehead atoms. The maximum atomic E-state index is 5.16. The molecule has 6 nitrogen and oxygen atoms in total. The van der Waals surface area contributed by atoms with Gasteiger partial charge in [0.2, 0.25) is 0 Å². The number of hydrogen-bond acceptors (Lipinski definition) is 3. The minimum absolute atomic E-state index is 0.280. The highest BCUT2D eigenvalue weighted by atomic mass is 15.4. The highest BCUT2D eigenvalue weighted by Crippen LogP contribution is 2.36. The average molecular weight is 575 g/mol. The Bertz CT molecular complexity index is 1790. The first-order valence-electron chi connectivity index (χ1n) is 15.8. The molecule has 3 aromatic carbocycles. The first kappa shape index (κ1) is 29.2. The number of fused-ring (bicyclic) bond motifs is 3. The molecule has 224 valence electrons. The molecule has 0 atom stereocenters. The molecule has 0 aliphatic rings. The zero-order valence-electron chi connectivity index (χ0n) is 28.0. The van der Waals surface area contributed by atoms with Gasteiger partial charge >= 0.3 is 0 Å². The minimum atomic E-state index is -0.280. The van der Waals surface area contributed by atoms with Crippen molar-refractivity contribution in [2.24, 2.45) is 0 Å². The molecule has 0 unspecified atom stereocenters. The zero-order chi connectivity index (χ0) is 31.1. The van der Waals surface area contributed by atoms with E-state index in [4.69, 9.17) is 15.0 Å². The minimum Gasteiger partial charge on any atom is -0.288 e. The fourth-order valence-electron chi connectivity index (χ4n) is 7.23. The quantitative estimate of drug-likeness (QED) is 0.199. The second-order valence-electron chi connectivity index (χ2n) is 13.5. The van der Waals surface area contributed by atoms with Crippen molar-refractivity contribution < 1.29 is 0 Å². The summed E-state index contributed by atoms with van der Waals surface area (Å²) in [6, 6.07) is 13.8. The first-order valence-corrected chi connectivity index (χ1v) is 15.8. The monoisotopic (exact) mass is 574 g/mol. The summed E-state index contributed by atoms with van der Waals surface area (Å²) >= 11 is 0. The lowest BCUT2D eigenvalue weighted by molar-refractivity contribution is 0.375. The van der Waals surface area contributed by atoms with Crippen LogP contribution < -0.4 is 0 Å². The predicted molar refractivity (Wildman–Crippen MR) is 180 cm³/mol. The van der Waals surface area contributed by atoms with Gasteiger partial charge in [0, 0.05) is 0 Å². The Morgan fingerprint density at radius 2 is 0.674 bits per heavy atom. The summed E-state index contributed by atoms with van der Waals surface area (Å²) in [5, 5.41) is 0. The Labute approximate surface area is 255 Å². The number of benzene rings is 3. The summed E-state index contributed by atoms with van der Waals surface area (Å²) in [7, 11) is 0. The third-order valence-electron chi connectivity index (χ3n) is 9.32. The van der Waals surface area contributed by atoms with Gasteiger partial charge in [-0.1, -0.05) is 41.5 Å². The van der Waals surface area contributed by atoms with Crippen molar-refractivity contribution in [2.75, 3.05) is 0 Å². The van der Waals surface area contributed by atoms with E-state index < -0.39 is 0 Å². The number of aryl methyl sites for hydroxylation is 6. The van der Waals surface area contributed by atoms with Gasteiger partial charge in [-0.2, -0.15) is 0 Å². The Kier molecular flexibility index (Phi) is 7.02. The lowest BCUT2D eigenvalue weighted by Crippen LogP contribution is -2.28. The molecule has 6 rings (SSSR count). The molecule has 0 saturated carbocycles. The Hall–Kier alpha value is -3.93. The number of aromatic nitrogens is 6. The molecule has 0 saturated heterocycles. The predicted octanol–water partition coefficient (Wildman–Crippen LogP) is 9.51. The molecule has 3 heterocycles. The smallest absolute Gasteiger partial charge is 0.197 e. The normalized spacial score (nSPS) is 12.6. The van der Waals surface area contributed by atoms with E-state index in [-0.39, 0.29) is 6.29 Å². The van der Waals surface area contributed by atoms with Crippen LogP contribution in [0.1, 0.15) is 116 Å². The second-order valence-corrected chi connectivity index (χ2v) is 13.5. The molecule has 0 fully saturated rings. The maximum absolute atomic E-state index is 5.16.